The number of hydrogen-bond acceptors (Lipinski definition) is 11. The molecule has 0 radical (unpaired) electrons. The Morgan fingerprint density at radius 3 is 2.38 bits per heavy atom. The highest BCUT2D eigenvalue weighted by atomic mass is 16.7. The van der Waals surface area contributed by atoms with Crippen LogP contribution in [-0.2, 0) is 23.8 Å². The van der Waals surface area contributed by atoms with Crippen LogP contribution in [0.4, 0.5) is 0 Å². The second-order valence-corrected chi connectivity index (χ2v) is 6.18. The largest absolute Gasteiger partial charge is 0.547 e. The van der Waals surface area contributed by atoms with E-state index < -0.39 is 73.7 Å². The third-order valence-electron chi connectivity index (χ3n) is 4.22. The Morgan fingerprint density at radius 2 is 1.85 bits per heavy atom. The molecule has 12 heteroatoms. The van der Waals surface area contributed by atoms with E-state index in [1.807, 2.05) is 0 Å². The number of aliphatic carboxylic acids is 1. The van der Waals surface area contributed by atoms with Gasteiger partial charge in [0.25, 0.3) is 0 Å². The highest BCUT2D eigenvalue weighted by Crippen LogP contribution is 2.28. The molecule has 0 aromatic rings. The molecule has 12 nitrogen and oxygen atoms in total. The molecule has 150 valence electrons. The number of carbonyl (C=O) groups excluding carboxylic acids is 2. The van der Waals surface area contributed by atoms with E-state index in [0.29, 0.717) is 0 Å². The molecule has 2 rings (SSSR count). The van der Waals surface area contributed by atoms with Crippen LogP contribution < -0.4 is 10.4 Å². The molecule has 0 saturated carbocycles. The van der Waals surface area contributed by atoms with E-state index in [9.17, 15) is 40.2 Å². The van der Waals surface area contributed by atoms with Crippen LogP contribution in [0.2, 0.25) is 0 Å². The number of carboxylic acid groups (broad SMARTS) is 1. The summed E-state index contributed by atoms with van der Waals surface area (Å²) >= 11 is 0. The number of amides is 1. The lowest BCUT2D eigenvalue weighted by atomic mass is 9.97. The van der Waals surface area contributed by atoms with Crippen molar-refractivity contribution in [1.82, 2.24) is 5.32 Å². The van der Waals surface area contributed by atoms with Crippen LogP contribution in [0.1, 0.15) is 13.3 Å². The summed E-state index contributed by atoms with van der Waals surface area (Å²) in [4.78, 5) is 22.6. The molecule has 2 aliphatic heterocycles. The molecule has 0 spiro atoms. The molecule has 0 aromatic carbocycles. The molecule has 1 amide bonds. The molecular weight excluding hydrogens is 358 g/mol. The van der Waals surface area contributed by atoms with Crippen LogP contribution in [0, 0.1) is 0 Å². The van der Waals surface area contributed by atoms with Gasteiger partial charge in [-0.2, -0.15) is 0 Å². The van der Waals surface area contributed by atoms with Gasteiger partial charge in [-0.25, -0.2) is 0 Å². The van der Waals surface area contributed by atoms with Crippen molar-refractivity contribution in [3.05, 3.63) is 0 Å². The fourth-order valence-electron chi connectivity index (χ4n) is 2.91. The van der Waals surface area contributed by atoms with Crippen LogP contribution in [0.15, 0.2) is 0 Å². The quantitative estimate of drug-likeness (QED) is 0.266. The average molecular weight is 380 g/mol. The van der Waals surface area contributed by atoms with Gasteiger partial charge in [-0.15, -0.1) is 0 Å². The lowest BCUT2D eigenvalue weighted by molar-refractivity contribution is -0.362. The molecule has 0 aliphatic carbocycles. The lowest BCUT2D eigenvalue weighted by Gasteiger charge is -2.45. The summed E-state index contributed by atoms with van der Waals surface area (Å²) in [6.45, 7) is 0.618. The van der Waals surface area contributed by atoms with Gasteiger partial charge in [-0.05, 0) is 0 Å². The molecule has 2 saturated heterocycles. The minimum absolute atomic E-state index is 0.0830. The number of nitrogens with one attached hydrogen (secondary N) is 1. The number of aliphatic hydroxyl groups is 5. The van der Waals surface area contributed by atoms with Crippen molar-refractivity contribution in [1.29, 1.82) is 0 Å². The minimum Gasteiger partial charge on any atom is -0.547 e. The monoisotopic (exact) mass is 380 g/mol. The third-order valence-corrected chi connectivity index (χ3v) is 4.22. The topological polar surface area (TPSA) is 198 Å². The Hall–Kier alpha value is -1.38. The van der Waals surface area contributed by atoms with Gasteiger partial charge < -0.3 is 55.0 Å². The van der Waals surface area contributed by atoms with Gasteiger partial charge in [0.05, 0.1) is 24.7 Å². The Kier molecular flexibility index (Phi) is 6.87. The summed E-state index contributed by atoms with van der Waals surface area (Å²) in [6.07, 6.45) is -13.0. The first-order chi connectivity index (χ1) is 12.1. The molecular formula is C14H22NO11-. The van der Waals surface area contributed by atoms with Crippen molar-refractivity contribution in [3.8, 4) is 0 Å². The molecule has 9 atom stereocenters. The minimum atomic E-state index is -1.97. The van der Waals surface area contributed by atoms with E-state index in [1.165, 1.54) is 6.92 Å². The number of carbonyl (C=O) groups is 2. The van der Waals surface area contributed by atoms with Crippen molar-refractivity contribution < 1.29 is 54.4 Å². The maximum atomic E-state index is 11.3. The summed E-state index contributed by atoms with van der Waals surface area (Å²) < 4.78 is 15.4. The molecule has 2 aliphatic rings. The SMILES string of the molecule is CC(=O)NC1CC(O)C(CO)OC1OC1C(C(=O)[O-])OC(O)C(O)C1O. The van der Waals surface area contributed by atoms with Gasteiger partial charge in [-0.3, -0.25) is 4.79 Å². The summed E-state index contributed by atoms with van der Waals surface area (Å²) in [7, 11) is 0. The van der Waals surface area contributed by atoms with Gasteiger partial charge in [0.15, 0.2) is 12.6 Å². The molecule has 2 fully saturated rings. The van der Waals surface area contributed by atoms with E-state index in [2.05, 4.69) is 5.32 Å². The summed E-state index contributed by atoms with van der Waals surface area (Å²) in [6, 6.07) is -0.941. The van der Waals surface area contributed by atoms with Crippen molar-refractivity contribution in [2.24, 2.45) is 0 Å². The Labute approximate surface area is 147 Å². The van der Waals surface area contributed by atoms with E-state index >= 15 is 0 Å². The fraction of sp³-hybridized carbons (Fsp3) is 0.857. The van der Waals surface area contributed by atoms with E-state index in [4.69, 9.17) is 14.2 Å². The van der Waals surface area contributed by atoms with E-state index in [0.717, 1.165) is 0 Å². The molecule has 9 unspecified atom stereocenters. The summed E-state index contributed by atoms with van der Waals surface area (Å²) in [5, 5.41) is 62.0. The Morgan fingerprint density at radius 1 is 1.19 bits per heavy atom. The normalized spacial score (nSPS) is 43.7. The predicted octanol–water partition coefficient (Wildman–Crippen LogP) is -5.47. The first-order valence-electron chi connectivity index (χ1n) is 7.93. The van der Waals surface area contributed by atoms with Gasteiger partial charge in [0, 0.05) is 13.3 Å². The van der Waals surface area contributed by atoms with Gasteiger partial charge in [-0.1, -0.05) is 0 Å². The number of ether oxygens (including phenoxy) is 3. The van der Waals surface area contributed by atoms with Crippen LogP contribution in [0.5, 0.6) is 0 Å². The van der Waals surface area contributed by atoms with Crippen molar-refractivity contribution >= 4 is 11.9 Å². The second kappa shape index (κ2) is 8.54. The maximum Gasteiger partial charge on any atom is 0.217 e. The predicted molar refractivity (Wildman–Crippen MR) is 76.7 cm³/mol. The molecule has 0 aromatic heterocycles. The zero-order valence-corrected chi connectivity index (χ0v) is 13.8. The molecule has 0 bridgehead atoms. The van der Waals surface area contributed by atoms with E-state index in [-0.39, 0.29) is 6.42 Å². The van der Waals surface area contributed by atoms with Crippen LogP contribution in [0.25, 0.3) is 0 Å². The third kappa shape index (κ3) is 4.47. The van der Waals surface area contributed by atoms with Gasteiger partial charge in [0.2, 0.25) is 5.91 Å². The Balaban J connectivity index is 2.21. The van der Waals surface area contributed by atoms with Crippen molar-refractivity contribution in [3.63, 3.8) is 0 Å². The zero-order valence-electron chi connectivity index (χ0n) is 13.8. The number of hydrogen-bond donors (Lipinski definition) is 6. The smallest absolute Gasteiger partial charge is 0.217 e. The van der Waals surface area contributed by atoms with Crippen LogP contribution >= 0.6 is 0 Å². The summed E-state index contributed by atoms with van der Waals surface area (Å²) in [5.74, 6) is -2.31. The molecule has 26 heavy (non-hydrogen) atoms. The Bertz CT molecular complexity index is 517. The average Bonchev–Trinajstić information content (AvgIpc) is 2.56. The first-order valence-corrected chi connectivity index (χ1v) is 7.93. The molecule has 2 heterocycles. The van der Waals surface area contributed by atoms with Crippen molar-refractivity contribution in [2.45, 2.75) is 68.6 Å². The second-order valence-electron chi connectivity index (χ2n) is 6.18. The van der Waals surface area contributed by atoms with Crippen molar-refractivity contribution in [2.75, 3.05) is 6.61 Å². The first kappa shape index (κ1) is 20.9. The van der Waals surface area contributed by atoms with Crippen LogP contribution in [-0.4, -0.2) is 99.3 Å². The number of rotatable bonds is 5. The standard InChI is InChI=1S/C14H23NO11/c1-4(17)15-5-2-6(18)7(3-16)24-14(5)26-10-8(19)9(20)13(23)25-11(10)12(21)22/h5-11,13-14,16,18-20,23H,2-3H2,1H3,(H,15,17)(H,21,22)/p-1. The summed E-state index contributed by atoms with van der Waals surface area (Å²) in [5.41, 5.74) is 0. The fourth-order valence-corrected chi connectivity index (χ4v) is 2.91. The lowest BCUT2D eigenvalue weighted by Crippen LogP contribution is -2.65. The maximum absolute atomic E-state index is 11.3. The highest BCUT2D eigenvalue weighted by Gasteiger charge is 2.48. The molecule has 6 N–H and O–H groups in total. The number of aliphatic hydroxyl groups excluding tert-OH is 5. The van der Waals surface area contributed by atoms with Crippen LogP contribution in [0.3, 0.4) is 0 Å². The zero-order chi connectivity index (χ0) is 19.6. The van der Waals surface area contributed by atoms with Gasteiger partial charge >= 0.3 is 0 Å². The number of carboxylic acids is 1. The van der Waals surface area contributed by atoms with Gasteiger partial charge in [0.1, 0.15) is 30.5 Å². The van der Waals surface area contributed by atoms with E-state index in [1.54, 1.807) is 0 Å². The highest BCUT2D eigenvalue weighted by molar-refractivity contribution is 5.73.